The van der Waals surface area contributed by atoms with Gasteiger partial charge in [-0.25, -0.2) is 0 Å². The third-order valence-electron chi connectivity index (χ3n) is 2.31. The Kier molecular flexibility index (Phi) is 4.58. The average Bonchev–Trinajstić information content (AvgIpc) is 2.15. The lowest BCUT2D eigenvalue weighted by atomic mass is 10.0. The molecule has 2 N–H and O–H groups in total. The van der Waals surface area contributed by atoms with Crippen molar-refractivity contribution in [3.05, 3.63) is 0 Å². The third-order valence-corrected chi connectivity index (χ3v) is 2.31. The first-order valence-electron chi connectivity index (χ1n) is 4.83. The van der Waals surface area contributed by atoms with E-state index in [0.717, 1.165) is 13.0 Å². The highest BCUT2D eigenvalue weighted by atomic mass is 16.5. The maximum Gasteiger partial charge on any atom is 0.0926 e. The molecule has 0 spiro atoms. The Balaban J connectivity index is 2.15. The molecule has 72 valence electrons. The number of aliphatic hydroxyl groups is 1. The van der Waals surface area contributed by atoms with Gasteiger partial charge in [-0.05, 0) is 26.3 Å². The van der Waals surface area contributed by atoms with Crippen LogP contribution < -0.4 is 5.32 Å². The predicted octanol–water partition coefficient (Wildman–Crippen LogP) is 0.526. The number of rotatable bonds is 4. The van der Waals surface area contributed by atoms with Crippen LogP contribution in [0.5, 0.6) is 0 Å². The van der Waals surface area contributed by atoms with Crippen molar-refractivity contribution in [2.45, 2.75) is 38.3 Å². The molecule has 2 unspecified atom stereocenters. The van der Waals surface area contributed by atoms with Crippen LogP contribution in [0.15, 0.2) is 0 Å². The van der Waals surface area contributed by atoms with E-state index in [1.54, 1.807) is 0 Å². The molecule has 0 aliphatic carbocycles. The SMILES string of the molecule is CCOCC(O)C1CCCCN1. The summed E-state index contributed by atoms with van der Waals surface area (Å²) in [7, 11) is 0. The number of hydrogen-bond donors (Lipinski definition) is 2. The van der Waals surface area contributed by atoms with Crippen LogP contribution in [-0.4, -0.2) is 37.0 Å². The summed E-state index contributed by atoms with van der Waals surface area (Å²) >= 11 is 0. The topological polar surface area (TPSA) is 41.5 Å². The Morgan fingerprint density at radius 3 is 3.00 bits per heavy atom. The van der Waals surface area contributed by atoms with Crippen molar-refractivity contribution in [1.82, 2.24) is 5.32 Å². The lowest BCUT2D eigenvalue weighted by Crippen LogP contribution is -2.45. The van der Waals surface area contributed by atoms with Gasteiger partial charge in [-0.15, -0.1) is 0 Å². The molecular weight excluding hydrogens is 154 g/mol. The molecule has 0 aromatic heterocycles. The first-order valence-corrected chi connectivity index (χ1v) is 4.83. The summed E-state index contributed by atoms with van der Waals surface area (Å²) in [6.45, 7) is 4.13. The molecule has 1 fully saturated rings. The van der Waals surface area contributed by atoms with Crippen LogP contribution in [0.25, 0.3) is 0 Å². The van der Waals surface area contributed by atoms with Gasteiger partial charge in [-0.1, -0.05) is 6.42 Å². The van der Waals surface area contributed by atoms with Crippen LogP contribution >= 0.6 is 0 Å². The zero-order valence-electron chi connectivity index (χ0n) is 7.75. The molecule has 0 aromatic rings. The van der Waals surface area contributed by atoms with E-state index in [2.05, 4.69) is 5.32 Å². The Hall–Kier alpha value is -0.120. The van der Waals surface area contributed by atoms with Crippen LogP contribution in [0.1, 0.15) is 26.2 Å². The Morgan fingerprint density at radius 1 is 1.58 bits per heavy atom. The van der Waals surface area contributed by atoms with Gasteiger partial charge in [0.2, 0.25) is 0 Å². The summed E-state index contributed by atoms with van der Waals surface area (Å²) in [5.74, 6) is 0. The maximum absolute atomic E-state index is 9.62. The molecule has 0 bridgehead atoms. The van der Waals surface area contributed by atoms with Crippen LogP contribution in [0.4, 0.5) is 0 Å². The van der Waals surface area contributed by atoms with Gasteiger partial charge in [0.1, 0.15) is 0 Å². The van der Waals surface area contributed by atoms with E-state index in [0.29, 0.717) is 13.2 Å². The number of piperidine rings is 1. The second kappa shape index (κ2) is 5.51. The third kappa shape index (κ3) is 3.09. The minimum atomic E-state index is -0.328. The second-order valence-electron chi connectivity index (χ2n) is 3.28. The van der Waals surface area contributed by atoms with Crippen LogP contribution in [-0.2, 0) is 4.74 Å². The highest BCUT2D eigenvalue weighted by Gasteiger charge is 2.20. The molecule has 3 nitrogen and oxygen atoms in total. The van der Waals surface area contributed by atoms with Gasteiger partial charge in [0.25, 0.3) is 0 Å². The predicted molar refractivity (Wildman–Crippen MR) is 48.1 cm³/mol. The van der Waals surface area contributed by atoms with Gasteiger partial charge in [-0.3, -0.25) is 0 Å². The van der Waals surface area contributed by atoms with E-state index in [1.165, 1.54) is 12.8 Å². The van der Waals surface area contributed by atoms with Crippen molar-refractivity contribution in [3.8, 4) is 0 Å². The van der Waals surface area contributed by atoms with Crippen molar-refractivity contribution >= 4 is 0 Å². The number of ether oxygens (including phenoxy) is 1. The monoisotopic (exact) mass is 173 g/mol. The molecule has 1 heterocycles. The first kappa shape index (κ1) is 9.96. The number of aliphatic hydroxyl groups excluding tert-OH is 1. The first-order chi connectivity index (χ1) is 5.84. The Labute approximate surface area is 74.1 Å². The molecule has 3 heteroatoms. The van der Waals surface area contributed by atoms with Crippen molar-refractivity contribution in [1.29, 1.82) is 0 Å². The van der Waals surface area contributed by atoms with Gasteiger partial charge in [0.05, 0.1) is 12.7 Å². The summed E-state index contributed by atoms with van der Waals surface area (Å²) in [6.07, 6.45) is 3.21. The van der Waals surface area contributed by atoms with Crippen molar-refractivity contribution in [2.75, 3.05) is 19.8 Å². The minimum absolute atomic E-state index is 0.255. The maximum atomic E-state index is 9.62. The van der Waals surface area contributed by atoms with Gasteiger partial charge in [-0.2, -0.15) is 0 Å². The molecule has 0 radical (unpaired) electrons. The van der Waals surface area contributed by atoms with Crippen molar-refractivity contribution in [3.63, 3.8) is 0 Å². The van der Waals surface area contributed by atoms with Gasteiger partial charge < -0.3 is 15.2 Å². The molecule has 1 rings (SSSR count). The molecule has 0 saturated carbocycles. The summed E-state index contributed by atoms with van der Waals surface area (Å²) in [4.78, 5) is 0. The average molecular weight is 173 g/mol. The Bertz CT molecular complexity index is 113. The molecule has 0 amide bonds. The second-order valence-corrected chi connectivity index (χ2v) is 3.28. The van der Waals surface area contributed by atoms with E-state index in [1.807, 2.05) is 6.92 Å². The van der Waals surface area contributed by atoms with Crippen molar-refractivity contribution in [2.24, 2.45) is 0 Å². The fraction of sp³-hybridized carbons (Fsp3) is 1.00. The number of hydrogen-bond acceptors (Lipinski definition) is 3. The minimum Gasteiger partial charge on any atom is -0.389 e. The normalized spacial score (nSPS) is 27.0. The van der Waals surface area contributed by atoms with E-state index < -0.39 is 0 Å². The summed E-state index contributed by atoms with van der Waals surface area (Å²) < 4.78 is 5.16. The number of nitrogens with one attached hydrogen (secondary N) is 1. The molecule has 1 aliphatic heterocycles. The highest BCUT2D eigenvalue weighted by Crippen LogP contribution is 2.10. The molecule has 2 atom stereocenters. The van der Waals surface area contributed by atoms with Gasteiger partial charge in [0, 0.05) is 12.6 Å². The lowest BCUT2D eigenvalue weighted by molar-refractivity contribution is 0.0156. The van der Waals surface area contributed by atoms with Gasteiger partial charge >= 0.3 is 0 Å². The summed E-state index contributed by atoms with van der Waals surface area (Å²) in [6, 6.07) is 0.255. The smallest absolute Gasteiger partial charge is 0.0926 e. The molecular formula is C9H19NO2. The quantitative estimate of drug-likeness (QED) is 0.651. The fourth-order valence-corrected chi connectivity index (χ4v) is 1.56. The van der Waals surface area contributed by atoms with E-state index in [9.17, 15) is 5.11 Å². The fourth-order valence-electron chi connectivity index (χ4n) is 1.56. The zero-order valence-corrected chi connectivity index (χ0v) is 7.75. The lowest BCUT2D eigenvalue weighted by Gasteiger charge is -2.27. The molecule has 0 aromatic carbocycles. The molecule has 1 saturated heterocycles. The summed E-state index contributed by atoms with van der Waals surface area (Å²) in [5.41, 5.74) is 0. The standard InChI is InChI=1S/C9H19NO2/c1-2-12-7-9(11)8-5-3-4-6-10-8/h8-11H,2-7H2,1H3. The largest absolute Gasteiger partial charge is 0.389 e. The van der Waals surface area contributed by atoms with Crippen LogP contribution in [0, 0.1) is 0 Å². The summed E-state index contributed by atoms with van der Waals surface area (Å²) in [5, 5.41) is 12.9. The van der Waals surface area contributed by atoms with Gasteiger partial charge in [0.15, 0.2) is 0 Å². The van der Waals surface area contributed by atoms with Crippen LogP contribution in [0.2, 0.25) is 0 Å². The van der Waals surface area contributed by atoms with E-state index in [-0.39, 0.29) is 12.1 Å². The molecule has 12 heavy (non-hydrogen) atoms. The zero-order chi connectivity index (χ0) is 8.81. The Morgan fingerprint density at radius 2 is 2.42 bits per heavy atom. The van der Waals surface area contributed by atoms with Crippen LogP contribution in [0.3, 0.4) is 0 Å². The van der Waals surface area contributed by atoms with E-state index >= 15 is 0 Å². The highest BCUT2D eigenvalue weighted by molar-refractivity contribution is 4.78. The molecule has 1 aliphatic rings. The van der Waals surface area contributed by atoms with E-state index in [4.69, 9.17) is 4.74 Å². The van der Waals surface area contributed by atoms with Crippen molar-refractivity contribution < 1.29 is 9.84 Å².